The molecule has 35 heavy (non-hydrogen) atoms. The molecular weight excluding hydrogens is 485 g/mol. The molecule has 0 unspecified atom stereocenters. The van der Waals surface area contributed by atoms with Crippen molar-refractivity contribution in [1.29, 1.82) is 0 Å². The van der Waals surface area contributed by atoms with Gasteiger partial charge in [0.25, 0.3) is 0 Å². The summed E-state index contributed by atoms with van der Waals surface area (Å²) in [4.78, 5) is 11.1. The molecule has 1 aliphatic heterocycles. The highest BCUT2D eigenvalue weighted by atomic mass is 35.5. The van der Waals surface area contributed by atoms with Crippen molar-refractivity contribution in [3.8, 4) is 5.75 Å². The molecule has 4 rings (SSSR count). The number of piperidine rings is 1. The average Bonchev–Trinajstić information content (AvgIpc) is 2.90. The van der Waals surface area contributed by atoms with Gasteiger partial charge in [0, 0.05) is 35.7 Å². The van der Waals surface area contributed by atoms with E-state index >= 15 is 4.39 Å². The van der Waals surface area contributed by atoms with Crippen LogP contribution in [-0.2, 0) is 0 Å². The third kappa shape index (κ3) is 6.64. The highest BCUT2D eigenvalue weighted by molar-refractivity contribution is 7.99. The van der Waals surface area contributed by atoms with E-state index in [-0.39, 0.29) is 12.0 Å². The van der Waals surface area contributed by atoms with Crippen molar-refractivity contribution in [3.05, 3.63) is 59.4 Å². The number of thioether (sulfide) groups is 1. The van der Waals surface area contributed by atoms with Crippen LogP contribution in [0.1, 0.15) is 43.8 Å². The van der Waals surface area contributed by atoms with Gasteiger partial charge in [-0.15, -0.1) is 11.8 Å². The number of nitrogens with zero attached hydrogens (tertiary/aromatic N) is 3. The summed E-state index contributed by atoms with van der Waals surface area (Å²) in [6.45, 7) is 2.99. The number of hydrogen-bond acceptors (Lipinski definition) is 6. The number of rotatable bonds is 11. The second-order valence-electron chi connectivity index (χ2n) is 9.28. The molecule has 1 fully saturated rings. The largest absolute Gasteiger partial charge is 0.497 e. The lowest BCUT2D eigenvalue weighted by Crippen LogP contribution is -2.42. The van der Waals surface area contributed by atoms with E-state index < -0.39 is 6.17 Å². The minimum Gasteiger partial charge on any atom is -0.497 e. The van der Waals surface area contributed by atoms with Crippen LogP contribution in [0.3, 0.4) is 0 Å². The number of alkyl halides is 1. The van der Waals surface area contributed by atoms with E-state index in [0.29, 0.717) is 40.1 Å². The van der Waals surface area contributed by atoms with Gasteiger partial charge in [-0.3, -0.25) is 4.98 Å². The quantitative estimate of drug-likeness (QED) is 0.236. The first-order valence-corrected chi connectivity index (χ1v) is 13.5. The maximum absolute atomic E-state index is 15.6. The van der Waals surface area contributed by atoms with Crippen LogP contribution in [0, 0.1) is 5.41 Å². The topological polar surface area (TPSA) is 58.5 Å². The second-order valence-corrected chi connectivity index (χ2v) is 10.8. The number of likely N-dealkylation sites (tertiary alicyclic amines) is 1. The number of hydrogen-bond donors (Lipinski definition) is 1. The van der Waals surface area contributed by atoms with E-state index in [1.807, 2.05) is 36.5 Å². The Kier molecular flexibility index (Phi) is 9.22. The molecule has 1 aliphatic rings. The zero-order chi connectivity index (χ0) is 24.7. The van der Waals surface area contributed by atoms with E-state index in [1.165, 1.54) is 6.20 Å². The van der Waals surface area contributed by atoms with Gasteiger partial charge in [-0.2, -0.15) is 0 Å². The van der Waals surface area contributed by atoms with Gasteiger partial charge in [-0.05, 0) is 87.5 Å². The van der Waals surface area contributed by atoms with Crippen LogP contribution < -0.4 is 4.74 Å². The average molecular weight is 518 g/mol. The van der Waals surface area contributed by atoms with Gasteiger partial charge in [0.15, 0.2) is 0 Å². The van der Waals surface area contributed by atoms with Crippen molar-refractivity contribution in [3.63, 3.8) is 0 Å². The van der Waals surface area contributed by atoms with Crippen molar-refractivity contribution in [2.75, 3.05) is 39.1 Å². The fraction of sp³-hybridized carbons (Fsp3) is 0.481. The summed E-state index contributed by atoms with van der Waals surface area (Å²) in [5, 5.41) is 12.3. The van der Waals surface area contributed by atoms with E-state index in [2.05, 4.69) is 14.9 Å². The van der Waals surface area contributed by atoms with Crippen LogP contribution in [0.4, 0.5) is 4.39 Å². The van der Waals surface area contributed by atoms with E-state index in [0.717, 1.165) is 49.7 Å². The first-order chi connectivity index (χ1) is 17.0. The Bertz CT molecular complexity index is 1100. The van der Waals surface area contributed by atoms with Crippen molar-refractivity contribution in [2.45, 2.75) is 43.3 Å². The Morgan fingerprint density at radius 2 is 2.06 bits per heavy atom. The van der Waals surface area contributed by atoms with Crippen LogP contribution in [0.25, 0.3) is 10.9 Å². The third-order valence-corrected chi connectivity index (χ3v) is 8.40. The van der Waals surface area contributed by atoms with Crippen molar-refractivity contribution >= 4 is 34.3 Å². The molecular formula is C27H33ClFN3O2S. The Labute approximate surface area is 216 Å². The van der Waals surface area contributed by atoms with Gasteiger partial charge < -0.3 is 14.7 Å². The fourth-order valence-electron chi connectivity index (χ4n) is 4.83. The highest BCUT2D eigenvalue weighted by Gasteiger charge is 2.35. The molecule has 5 nitrogen and oxygen atoms in total. The SMILES string of the molecule is COc1ccc2ncc(Cl)c([C@H](F)CCC3(CO)CCN(CCCSc4ccccn4)CC3)c2c1. The summed E-state index contributed by atoms with van der Waals surface area (Å²) in [6.07, 6.45) is 5.90. The van der Waals surface area contributed by atoms with Gasteiger partial charge >= 0.3 is 0 Å². The number of halogens is 2. The van der Waals surface area contributed by atoms with Crippen LogP contribution in [0.2, 0.25) is 5.02 Å². The van der Waals surface area contributed by atoms with Crippen LogP contribution in [0.5, 0.6) is 5.75 Å². The maximum Gasteiger partial charge on any atom is 0.127 e. The first-order valence-electron chi connectivity index (χ1n) is 12.2. The second kappa shape index (κ2) is 12.3. The third-order valence-electron chi connectivity index (χ3n) is 7.07. The fourth-order valence-corrected chi connectivity index (χ4v) is 5.89. The van der Waals surface area contributed by atoms with E-state index in [1.54, 1.807) is 24.9 Å². The predicted molar refractivity (Wildman–Crippen MR) is 141 cm³/mol. The minimum atomic E-state index is -1.23. The van der Waals surface area contributed by atoms with Gasteiger partial charge in [0.1, 0.15) is 11.9 Å². The Balaban J connectivity index is 1.30. The molecule has 1 atom stereocenters. The smallest absolute Gasteiger partial charge is 0.127 e. The van der Waals surface area contributed by atoms with Crippen LogP contribution >= 0.6 is 23.4 Å². The molecule has 0 bridgehead atoms. The Morgan fingerprint density at radius 1 is 1.23 bits per heavy atom. The minimum absolute atomic E-state index is 0.0851. The Hall–Kier alpha value is -1.93. The molecule has 0 aliphatic carbocycles. The number of ether oxygens (including phenoxy) is 1. The summed E-state index contributed by atoms with van der Waals surface area (Å²) >= 11 is 8.18. The number of methoxy groups -OCH3 is 1. The highest BCUT2D eigenvalue weighted by Crippen LogP contribution is 2.41. The molecule has 1 saturated heterocycles. The van der Waals surface area contributed by atoms with Gasteiger partial charge in [0.05, 0.1) is 22.7 Å². The summed E-state index contributed by atoms with van der Waals surface area (Å²) in [5.41, 5.74) is 0.919. The van der Waals surface area contributed by atoms with Gasteiger partial charge in [-0.25, -0.2) is 9.37 Å². The zero-order valence-electron chi connectivity index (χ0n) is 20.1. The number of fused-ring (bicyclic) bond motifs is 1. The molecule has 1 N–H and O–H groups in total. The van der Waals surface area contributed by atoms with E-state index in [9.17, 15) is 5.11 Å². The summed E-state index contributed by atoms with van der Waals surface area (Å²) in [5.74, 6) is 1.68. The molecule has 0 spiro atoms. The number of benzene rings is 1. The lowest BCUT2D eigenvalue weighted by atomic mass is 9.74. The number of pyridine rings is 2. The van der Waals surface area contributed by atoms with Crippen LogP contribution in [0.15, 0.2) is 53.8 Å². The molecule has 188 valence electrons. The lowest BCUT2D eigenvalue weighted by Gasteiger charge is -2.41. The first kappa shape index (κ1) is 26.1. The lowest BCUT2D eigenvalue weighted by molar-refractivity contribution is 0.0304. The van der Waals surface area contributed by atoms with Crippen molar-refractivity contribution in [2.24, 2.45) is 5.41 Å². The molecule has 1 aromatic carbocycles. The molecule has 0 saturated carbocycles. The van der Waals surface area contributed by atoms with E-state index in [4.69, 9.17) is 16.3 Å². The number of aliphatic hydroxyl groups excluding tert-OH is 1. The summed E-state index contributed by atoms with van der Waals surface area (Å²) in [7, 11) is 1.59. The maximum atomic E-state index is 15.6. The Morgan fingerprint density at radius 3 is 2.77 bits per heavy atom. The van der Waals surface area contributed by atoms with Gasteiger partial charge in [0.2, 0.25) is 0 Å². The van der Waals surface area contributed by atoms with Gasteiger partial charge in [-0.1, -0.05) is 17.7 Å². The molecule has 2 aromatic heterocycles. The monoisotopic (exact) mass is 517 g/mol. The summed E-state index contributed by atoms with van der Waals surface area (Å²) in [6, 6.07) is 11.4. The molecule has 0 radical (unpaired) electrons. The predicted octanol–water partition coefficient (Wildman–Crippen LogP) is 6.34. The summed E-state index contributed by atoms with van der Waals surface area (Å²) < 4.78 is 20.9. The van der Waals surface area contributed by atoms with Crippen LogP contribution in [-0.4, -0.2) is 59.1 Å². The molecule has 3 heterocycles. The number of aromatic nitrogens is 2. The van der Waals surface area contributed by atoms with Crippen molar-refractivity contribution in [1.82, 2.24) is 14.9 Å². The molecule has 0 amide bonds. The normalized spacial score (nSPS) is 16.9. The zero-order valence-corrected chi connectivity index (χ0v) is 21.7. The molecule has 3 aromatic rings. The molecule has 8 heteroatoms. The standard InChI is InChI=1S/C27H33ClFN3O2S/c1-34-20-6-7-24-21(17-20)26(22(28)18-31-24)23(29)8-9-27(19-33)10-14-32(15-11-27)13-4-16-35-25-5-2-3-12-30-25/h2-3,5-7,12,17-18,23,33H,4,8-11,13-16,19H2,1H3/t23-/m1/s1. The number of aliphatic hydroxyl groups is 1. The van der Waals surface area contributed by atoms with Crippen molar-refractivity contribution < 1.29 is 14.2 Å².